The molecular formula is C29H40O4. The molecule has 0 saturated heterocycles. The highest BCUT2D eigenvalue weighted by atomic mass is 16.5. The van der Waals surface area contributed by atoms with Crippen LogP contribution in [0.25, 0.3) is 6.08 Å². The predicted octanol–water partition coefficient (Wildman–Crippen LogP) is 5.77. The molecule has 180 valence electrons. The van der Waals surface area contributed by atoms with Crippen molar-refractivity contribution in [1.29, 1.82) is 0 Å². The van der Waals surface area contributed by atoms with Crippen molar-refractivity contribution in [1.82, 2.24) is 0 Å². The molecule has 0 saturated carbocycles. The van der Waals surface area contributed by atoms with Gasteiger partial charge < -0.3 is 14.9 Å². The average molecular weight is 453 g/mol. The number of carbonyl (C=O) groups is 1. The first-order chi connectivity index (χ1) is 15.5. The van der Waals surface area contributed by atoms with Gasteiger partial charge in [0, 0.05) is 10.8 Å². The molecule has 0 amide bonds. The van der Waals surface area contributed by atoms with Gasteiger partial charge in [0.2, 0.25) is 0 Å². The van der Waals surface area contributed by atoms with Gasteiger partial charge in [0.25, 0.3) is 0 Å². The minimum Gasteiger partial charge on any atom is -0.491 e. The second-order valence-corrected chi connectivity index (χ2v) is 9.94. The van der Waals surface area contributed by atoms with Crippen LogP contribution in [0.3, 0.4) is 0 Å². The number of aryl methyl sites for hydroxylation is 2. The minimum absolute atomic E-state index is 0.0648. The molecule has 0 heterocycles. The van der Waals surface area contributed by atoms with Crippen LogP contribution in [-0.2, 0) is 10.2 Å². The van der Waals surface area contributed by atoms with Crippen molar-refractivity contribution in [3.63, 3.8) is 0 Å². The Bertz CT molecular complexity index is 978. The molecular weight excluding hydrogens is 412 g/mol. The van der Waals surface area contributed by atoms with Crippen LogP contribution in [0.4, 0.5) is 0 Å². The Balaban J connectivity index is 2.39. The number of hydrogen-bond acceptors (Lipinski definition) is 4. The standard InChI is InChI=1S/C29H40O4/c1-8-29(9-2,24-13-14-26(21(4)17-24)33-19-25(31)18-30)23-12-10-22(20(3)16-23)11-15-27(32)28(5,6)7/h10-17,25,30-31H,8-9,18-19H2,1-7H3/t25-/m1/s1. The van der Waals surface area contributed by atoms with Crippen LogP contribution in [-0.4, -0.2) is 35.3 Å². The molecule has 0 aliphatic heterocycles. The fraction of sp³-hybridized carbons (Fsp3) is 0.483. The number of aliphatic hydroxyl groups is 2. The topological polar surface area (TPSA) is 66.8 Å². The Morgan fingerprint density at radius 1 is 1.00 bits per heavy atom. The molecule has 0 unspecified atom stereocenters. The summed E-state index contributed by atoms with van der Waals surface area (Å²) < 4.78 is 5.69. The lowest BCUT2D eigenvalue weighted by atomic mass is 9.70. The monoisotopic (exact) mass is 452 g/mol. The number of carbonyl (C=O) groups excluding carboxylic acids is 1. The summed E-state index contributed by atoms with van der Waals surface area (Å²) in [6.07, 6.45) is 4.62. The van der Waals surface area contributed by atoms with Gasteiger partial charge in [-0.3, -0.25) is 4.79 Å². The van der Waals surface area contributed by atoms with Gasteiger partial charge in [-0.25, -0.2) is 0 Å². The molecule has 0 spiro atoms. The molecule has 2 aromatic carbocycles. The van der Waals surface area contributed by atoms with Crippen molar-refractivity contribution in [2.45, 2.75) is 72.8 Å². The molecule has 2 N–H and O–H groups in total. The lowest BCUT2D eigenvalue weighted by molar-refractivity contribution is -0.121. The number of benzene rings is 2. The van der Waals surface area contributed by atoms with Crippen molar-refractivity contribution in [3.8, 4) is 5.75 Å². The smallest absolute Gasteiger partial charge is 0.161 e. The Morgan fingerprint density at radius 3 is 2.06 bits per heavy atom. The number of allylic oxidation sites excluding steroid dienone is 1. The van der Waals surface area contributed by atoms with E-state index in [1.807, 2.05) is 39.8 Å². The highest BCUT2D eigenvalue weighted by Gasteiger charge is 2.31. The van der Waals surface area contributed by atoms with Gasteiger partial charge in [0.15, 0.2) is 5.78 Å². The molecule has 0 radical (unpaired) electrons. The first-order valence-corrected chi connectivity index (χ1v) is 11.8. The lowest BCUT2D eigenvalue weighted by Gasteiger charge is -2.34. The molecule has 0 bridgehead atoms. The summed E-state index contributed by atoms with van der Waals surface area (Å²) in [6, 6.07) is 12.8. The minimum atomic E-state index is -0.885. The number of rotatable bonds is 10. The van der Waals surface area contributed by atoms with E-state index in [0.717, 1.165) is 29.5 Å². The first-order valence-electron chi connectivity index (χ1n) is 11.8. The van der Waals surface area contributed by atoms with Crippen LogP contribution in [0.5, 0.6) is 5.75 Å². The van der Waals surface area contributed by atoms with Crippen LogP contribution in [0.1, 0.15) is 75.3 Å². The molecule has 2 rings (SSSR count). The van der Waals surface area contributed by atoms with E-state index in [4.69, 9.17) is 9.84 Å². The van der Waals surface area contributed by atoms with Crippen LogP contribution in [0.2, 0.25) is 0 Å². The maximum absolute atomic E-state index is 12.3. The van der Waals surface area contributed by atoms with Crippen molar-refractivity contribution in [2.75, 3.05) is 13.2 Å². The third-order valence-corrected chi connectivity index (χ3v) is 6.55. The van der Waals surface area contributed by atoms with Crippen LogP contribution in [0.15, 0.2) is 42.5 Å². The molecule has 0 aliphatic rings. The third-order valence-electron chi connectivity index (χ3n) is 6.55. The number of hydrogen-bond donors (Lipinski definition) is 2. The summed E-state index contributed by atoms with van der Waals surface area (Å²) in [5, 5.41) is 18.6. The molecule has 1 atom stereocenters. The highest BCUT2D eigenvalue weighted by molar-refractivity contribution is 5.97. The zero-order chi connectivity index (χ0) is 24.8. The molecule has 0 aliphatic carbocycles. The van der Waals surface area contributed by atoms with Gasteiger partial charge in [-0.1, -0.05) is 71.0 Å². The molecule has 2 aromatic rings. The van der Waals surface area contributed by atoms with Crippen LogP contribution in [0, 0.1) is 19.3 Å². The summed E-state index contributed by atoms with van der Waals surface area (Å²) in [7, 11) is 0. The van der Waals surface area contributed by atoms with Gasteiger partial charge in [-0.2, -0.15) is 0 Å². The van der Waals surface area contributed by atoms with Crippen molar-refractivity contribution >= 4 is 11.9 Å². The third kappa shape index (κ3) is 6.33. The molecule has 0 aromatic heterocycles. The fourth-order valence-electron chi connectivity index (χ4n) is 4.16. The predicted molar refractivity (Wildman–Crippen MR) is 136 cm³/mol. The summed E-state index contributed by atoms with van der Waals surface area (Å²) in [5.74, 6) is 0.833. The van der Waals surface area contributed by atoms with Crippen molar-refractivity contribution in [3.05, 3.63) is 70.3 Å². The Labute approximate surface area is 199 Å². The van der Waals surface area contributed by atoms with Gasteiger partial charge in [0.1, 0.15) is 18.5 Å². The van der Waals surface area contributed by atoms with E-state index in [1.54, 1.807) is 6.08 Å². The average Bonchev–Trinajstić information content (AvgIpc) is 2.78. The normalized spacial score (nSPS) is 13.4. The summed E-state index contributed by atoms with van der Waals surface area (Å²) in [4.78, 5) is 12.3. The second kappa shape index (κ2) is 11.1. The van der Waals surface area contributed by atoms with E-state index in [1.165, 1.54) is 11.1 Å². The van der Waals surface area contributed by atoms with Gasteiger partial charge in [-0.05, 0) is 66.6 Å². The van der Waals surface area contributed by atoms with Gasteiger partial charge in [0.05, 0.1) is 6.61 Å². The van der Waals surface area contributed by atoms with E-state index >= 15 is 0 Å². The second-order valence-electron chi connectivity index (χ2n) is 9.94. The molecule has 33 heavy (non-hydrogen) atoms. The van der Waals surface area contributed by atoms with E-state index in [9.17, 15) is 9.90 Å². The molecule has 0 fully saturated rings. The maximum Gasteiger partial charge on any atom is 0.161 e. The van der Waals surface area contributed by atoms with Crippen molar-refractivity contribution in [2.24, 2.45) is 5.41 Å². The van der Waals surface area contributed by atoms with E-state index in [-0.39, 0.29) is 29.8 Å². The summed E-state index contributed by atoms with van der Waals surface area (Å²) >= 11 is 0. The Morgan fingerprint density at radius 2 is 1.58 bits per heavy atom. The van der Waals surface area contributed by atoms with Crippen LogP contribution < -0.4 is 4.74 Å². The van der Waals surface area contributed by atoms with E-state index in [2.05, 4.69) is 51.1 Å². The lowest BCUT2D eigenvalue weighted by Crippen LogP contribution is -2.26. The summed E-state index contributed by atoms with van der Waals surface area (Å²) in [5.41, 5.74) is 5.17. The molecule has 4 heteroatoms. The quantitative estimate of drug-likeness (QED) is 0.449. The van der Waals surface area contributed by atoms with Crippen molar-refractivity contribution < 1.29 is 19.7 Å². The SMILES string of the molecule is CCC(CC)(c1ccc(C=CC(=O)C(C)(C)C)c(C)c1)c1ccc(OC[C@H](O)CO)c(C)c1. The summed E-state index contributed by atoms with van der Waals surface area (Å²) in [6.45, 7) is 14.1. The van der Waals surface area contributed by atoms with E-state index < -0.39 is 6.10 Å². The van der Waals surface area contributed by atoms with Gasteiger partial charge in [-0.15, -0.1) is 0 Å². The largest absolute Gasteiger partial charge is 0.491 e. The van der Waals surface area contributed by atoms with Crippen LogP contribution >= 0.6 is 0 Å². The zero-order valence-corrected chi connectivity index (χ0v) is 21.2. The number of ketones is 1. The zero-order valence-electron chi connectivity index (χ0n) is 21.2. The fourth-order valence-corrected chi connectivity index (χ4v) is 4.16. The van der Waals surface area contributed by atoms with E-state index in [0.29, 0.717) is 5.75 Å². The molecule has 4 nitrogen and oxygen atoms in total. The highest BCUT2D eigenvalue weighted by Crippen LogP contribution is 2.41. The first kappa shape index (κ1) is 26.8. The van der Waals surface area contributed by atoms with Gasteiger partial charge >= 0.3 is 0 Å². The Hall–Kier alpha value is -2.43. The Kier molecular flexibility index (Phi) is 9.04. The maximum atomic E-state index is 12.3. The number of aliphatic hydroxyl groups excluding tert-OH is 2. The number of ether oxygens (including phenoxy) is 1.